The summed E-state index contributed by atoms with van der Waals surface area (Å²) in [7, 11) is -1.70. The van der Waals surface area contributed by atoms with Gasteiger partial charge in [-0.1, -0.05) is 0 Å². The first kappa shape index (κ1) is 15.2. The predicted molar refractivity (Wildman–Crippen MR) is 77.0 cm³/mol. The predicted octanol–water partition coefficient (Wildman–Crippen LogP) is 0.509. The van der Waals surface area contributed by atoms with E-state index in [4.69, 9.17) is 4.74 Å². The van der Waals surface area contributed by atoms with Crippen LogP contribution < -0.4 is 14.8 Å². The third-order valence-corrected chi connectivity index (χ3v) is 4.91. The summed E-state index contributed by atoms with van der Waals surface area (Å²) in [6, 6.07) is 3.50. The summed E-state index contributed by atoms with van der Waals surface area (Å²) in [5.74, 6) is 0.942. The van der Waals surface area contributed by atoms with Crippen LogP contribution in [0.1, 0.15) is 18.4 Å². The molecule has 0 atom stereocenters. The van der Waals surface area contributed by atoms with Crippen molar-refractivity contribution in [2.24, 2.45) is 5.92 Å². The molecule has 0 saturated carbocycles. The maximum atomic E-state index is 12.0. The van der Waals surface area contributed by atoms with Crippen LogP contribution in [0.3, 0.4) is 0 Å². The van der Waals surface area contributed by atoms with Gasteiger partial charge in [0, 0.05) is 18.8 Å². The van der Waals surface area contributed by atoms with Gasteiger partial charge in [0.2, 0.25) is 15.9 Å². The van der Waals surface area contributed by atoms with E-state index < -0.39 is 10.0 Å². The van der Waals surface area contributed by atoms with Crippen LogP contribution in [0.25, 0.3) is 0 Å². The lowest BCUT2D eigenvalue weighted by molar-refractivity contribution is 0.397. The van der Waals surface area contributed by atoms with Crippen LogP contribution in [0.2, 0.25) is 0 Å². The number of piperidine rings is 1. The van der Waals surface area contributed by atoms with E-state index >= 15 is 0 Å². The van der Waals surface area contributed by atoms with Crippen LogP contribution >= 0.6 is 0 Å². The van der Waals surface area contributed by atoms with Crippen molar-refractivity contribution in [2.45, 2.75) is 19.4 Å². The van der Waals surface area contributed by atoms with E-state index in [0.29, 0.717) is 5.88 Å². The van der Waals surface area contributed by atoms with Crippen LogP contribution in [0, 0.1) is 5.92 Å². The smallest absolute Gasteiger partial charge is 0.213 e. The highest BCUT2D eigenvalue weighted by Crippen LogP contribution is 2.14. The van der Waals surface area contributed by atoms with Gasteiger partial charge in [0.15, 0.2) is 0 Å². The summed E-state index contributed by atoms with van der Waals surface area (Å²) >= 11 is 0. The second-order valence-corrected chi connectivity index (χ2v) is 6.85. The van der Waals surface area contributed by atoms with E-state index in [-0.39, 0.29) is 18.2 Å². The number of ether oxygens (including phenoxy) is 1. The molecule has 1 aliphatic heterocycles. The average Bonchev–Trinajstić information content (AvgIpc) is 2.46. The van der Waals surface area contributed by atoms with Gasteiger partial charge in [-0.3, -0.25) is 0 Å². The molecule has 2 N–H and O–H groups in total. The Balaban J connectivity index is 1.87. The second-order valence-electron chi connectivity index (χ2n) is 5.00. The van der Waals surface area contributed by atoms with E-state index in [0.717, 1.165) is 31.5 Å². The number of rotatable bonds is 6. The zero-order valence-corrected chi connectivity index (χ0v) is 12.4. The molecule has 0 unspecified atom stereocenters. The summed E-state index contributed by atoms with van der Waals surface area (Å²) in [5, 5.41) is 3.23. The standard InChI is InChI=1S/C13H21N3O3S/c1-19-13-8-12(4-7-15-13)9-16-20(17,18)10-11-2-5-14-6-3-11/h4,7-8,11,14,16H,2-3,5-6,9-10H2,1H3. The van der Waals surface area contributed by atoms with Crippen molar-refractivity contribution in [2.75, 3.05) is 26.0 Å². The van der Waals surface area contributed by atoms with Gasteiger partial charge in [-0.05, 0) is 43.5 Å². The quantitative estimate of drug-likeness (QED) is 0.800. The minimum atomic E-state index is -3.24. The molecule has 0 aromatic carbocycles. The van der Waals surface area contributed by atoms with Gasteiger partial charge in [-0.15, -0.1) is 0 Å². The van der Waals surface area contributed by atoms with Crippen LogP contribution in [-0.4, -0.2) is 39.4 Å². The Morgan fingerprint density at radius 1 is 1.45 bits per heavy atom. The zero-order valence-electron chi connectivity index (χ0n) is 11.6. The molecular weight excluding hydrogens is 278 g/mol. The summed E-state index contributed by atoms with van der Waals surface area (Å²) in [6.07, 6.45) is 3.45. The fraction of sp³-hybridized carbons (Fsp3) is 0.615. The van der Waals surface area contributed by atoms with E-state index in [1.807, 2.05) is 0 Å². The zero-order chi connectivity index (χ0) is 14.4. The van der Waals surface area contributed by atoms with Crippen molar-refractivity contribution < 1.29 is 13.2 Å². The second kappa shape index (κ2) is 7.01. The van der Waals surface area contributed by atoms with Gasteiger partial charge in [-0.2, -0.15) is 0 Å². The van der Waals surface area contributed by atoms with Gasteiger partial charge >= 0.3 is 0 Å². The largest absolute Gasteiger partial charge is 0.481 e. The lowest BCUT2D eigenvalue weighted by Crippen LogP contribution is -2.35. The number of aromatic nitrogens is 1. The van der Waals surface area contributed by atoms with E-state index in [1.165, 1.54) is 7.11 Å². The number of sulfonamides is 1. The highest BCUT2D eigenvalue weighted by atomic mass is 32.2. The fourth-order valence-corrected chi connectivity index (χ4v) is 3.74. The molecule has 0 amide bonds. The molecule has 0 bridgehead atoms. The van der Waals surface area contributed by atoms with Gasteiger partial charge < -0.3 is 10.1 Å². The summed E-state index contributed by atoms with van der Waals surface area (Å²) < 4.78 is 31.8. The number of pyridine rings is 1. The molecule has 112 valence electrons. The summed E-state index contributed by atoms with van der Waals surface area (Å²) in [5.41, 5.74) is 0.839. The number of nitrogens with one attached hydrogen (secondary N) is 2. The van der Waals surface area contributed by atoms with E-state index in [1.54, 1.807) is 18.3 Å². The molecule has 1 aromatic heterocycles. The van der Waals surface area contributed by atoms with E-state index in [2.05, 4.69) is 15.0 Å². The summed E-state index contributed by atoms with van der Waals surface area (Å²) in [4.78, 5) is 3.99. The SMILES string of the molecule is COc1cc(CNS(=O)(=O)CC2CCNCC2)ccn1. The normalized spacial score (nSPS) is 17.1. The Labute approximate surface area is 120 Å². The maximum absolute atomic E-state index is 12.0. The molecule has 1 saturated heterocycles. The van der Waals surface area contributed by atoms with Crippen LogP contribution in [0.15, 0.2) is 18.3 Å². The number of methoxy groups -OCH3 is 1. The van der Waals surface area contributed by atoms with E-state index in [9.17, 15) is 8.42 Å². The minimum Gasteiger partial charge on any atom is -0.481 e. The molecule has 1 aliphatic rings. The van der Waals surface area contributed by atoms with Crippen molar-refractivity contribution in [1.29, 1.82) is 0 Å². The Kier molecular flexibility index (Phi) is 5.33. The van der Waals surface area contributed by atoms with Gasteiger partial charge in [-0.25, -0.2) is 18.1 Å². The number of hydrogen-bond donors (Lipinski definition) is 2. The van der Waals surface area contributed by atoms with Crippen molar-refractivity contribution in [1.82, 2.24) is 15.0 Å². The van der Waals surface area contributed by atoms with Gasteiger partial charge in [0.25, 0.3) is 0 Å². The highest BCUT2D eigenvalue weighted by Gasteiger charge is 2.20. The Morgan fingerprint density at radius 2 is 2.20 bits per heavy atom. The number of hydrogen-bond acceptors (Lipinski definition) is 5. The van der Waals surface area contributed by atoms with Gasteiger partial charge in [0.05, 0.1) is 12.9 Å². The first-order valence-corrected chi connectivity index (χ1v) is 8.41. The summed E-state index contributed by atoms with van der Waals surface area (Å²) in [6.45, 7) is 2.08. The molecule has 20 heavy (non-hydrogen) atoms. The lowest BCUT2D eigenvalue weighted by atomic mass is 10.0. The molecule has 0 spiro atoms. The molecule has 1 fully saturated rings. The first-order valence-electron chi connectivity index (χ1n) is 6.76. The van der Waals surface area contributed by atoms with Crippen LogP contribution in [0.5, 0.6) is 5.88 Å². The minimum absolute atomic E-state index is 0.205. The van der Waals surface area contributed by atoms with Crippen molar-refractivity contribution in [3.63, 3.8) is 0 Å². The maximum Gasteiger partial charge on any atom is 0.213 e. The Bertz CT molecular complexity index is 527. The third kappa shape index (κ3) is 4.73. The van der Waals surface area contributed by atoms with Gasteiger partial charge in [0.1, 0.15) is 0 Å². The van der Waals surface area contributed by atoms with Crippen molar-refractivity contribution in [3.8, 4) is 5.88 Å². The fourth-order valence-electron chi connectivity index (χ4n) is 2.28. The third-order valence-electron chi connectivity index (χ3n) is 3.42. The Hall–Kier alpha value is -1.18. The lowest BCUT2D eigenvalue weighted by Gasteiger charge is -2.22. The number of nitrogens with zero attached hydrogens (tertiary/aromatic N) is 1. The Morgan fingerprint density at radius 3 is 2.90 bits per heavy atom. The van der Waals surface area contributed by atoms with Crippen molar-refractivity contribution >= 4 is 10.0 Å². The topological polar surface area (TPSA) is 80.3 Å². The monoisotopic (exact) mass is 299 g/mol. The molecule has 2 rings (SSSR count). The van der Waals surface area contributed by atoms with Crippen LogP contribution in [0.4, 0.5) is 0 Å². The molecule has 2 heterocycles. The molecule has 0 aliphatic carbocycles. The van der Waals surface area contributed by atoms with Crippen LogP contribution in [-0.2, 0) is 16.6 Å². The molecular formula is C13H21N3O3S. The molecule has 0 radical (unpaired) electrons. The first-order chi connectivity index (χ1) is 9.59. The highest BCUT2D eigenvalue weighted by molar-refractivity contribution is 7.89. The molecule has 6 nitrogen and oxygen atoms in total. The van der Waals surface area contributed by atoms with Crippen molar-refractivity contribution in [3.05, 3.63) is 23.9 Å². The molecule has 1 aromatic rings. The average molecular weight is 299 g/mol. The molecule has 7 heteroatoms.